The molecular formula is CH5O3PS3. The van der Waals surface area contributed by atoms with Gasteiger partial charge in [-0.1, -0.05) is 12.2 Å². The smallest absolute Gasteiger partial charge is 0.314 e. The maximum absolute atomic E-state index is 8.74. The van der Waals surface area contributed by atoms with Crippen LogP contribution >= 0.6 is 45.7 Å². The fourth-order valence-electron chi connectivity index (χ4n) is 0. The molecule has 8 heavy (non-hydrogen) atoms. The predicted octanol–water partition coefficient (Wildman–Crippen LogP) is 0.492. The highest BCUT2D eigenvalue weighted by Crippen LogP contribution is 1.98. The number of hydrogen-bond donors (Lipinski definition) is 4. The summed E-state index contributed by atoms with van der Waals surface area (Å²) in [4.78, 5) is 14.3. The van der Waals surface area contributed by atoms with Crippen molar-refractivity contribution >= 4 is 49.3 Å². The molecule has 0 heterocycles. The molecule has 0 aromatic heterocycles. The Kier molecular flexibility index (Phi) is 11.6. The molecule has 0 aliphatic rings. The maximum Gasteiger partial charge on any atom is 0.314 e. The molecule has 7 heteroatoms. The lowest BCUT2D eigenvalue weighted by Crippen LogP contribution is -1.46. The van der Waals surface area contributed by atoms with Crippen LogP contribution in [0.25, 0.3) is 0 Å². The first-order valence-corrected chi connectivity index (χ1v) is 3.91. The van der Waals surface area contributed by atoms with E-state index in [1.807, 2.05) is 0 Å². The van der Waals surface area contributed by atoms with Gasteiger partial charge in [0.15, 0.2) is 0 Å². The van der Waals surface area contributed by atoms with Gasteiger partial charge < -0.3 is 9.79 Å². The van der Waals surface area contributed by atoms with Gasteiger partial charge in [-0.15, -0.1) is 25.3 Å². The average Bonchev–Trinajstić information content (AvgIpc) is 1.25. The normalized spacial score (nSPS) is 7.62. The van der Waals surface area contributed by atoms with Crippen molar-refractivity contribution in [1.29, 1.82) is 0 Å². The summed E-state index contributed by atoms with van der Waals surface area (Å²) in [5, 5.41) is 0. The lowest BCUT2D eigenvalue weighted by atomic mass is 11.9. The van der Waals surface area contributed by atoms with Crippen LogP contribution in [0.1, 0.15) is 0 Å². The summed E-state index contributed by atoms with van der Waals surface area (Å²) in [6, 6.07) is 0. The Hall–Kier alpha value is 0.940. The van der Waals surface area contributed by atoms with E-state index in [0.29, 0.717) is 3.53 Å². The van der Waals surface area contributed by atoms with Crippen LogP contribution < -0.4 is 0 Å². The van der Waals surface area contributed by atoms with E-state index in [-0.39, 0.29) is 0 Å². The van der Waals surface area contributed by atoms with Crippen LogP contribution in [0, 0.1) is 0 Å². The molecule has 0 saturated carbocycles. The Morgan fingerprint density at radius 1 is 1.50 bits per heavy atom. The average molecular weight is 192 g/mol. The van der Waals surface area contributed by atoms with Crippen LogP contribution in [-0.2, 0) is 4.57 Å². The van der Waals surface area contributed by atoms with Gasteiger partial charge in [0.2, 0.25) is 0 Å². The van der Waals surface area contributed by atoms with Gasteiger partial charge in [0, 0.05) is 0 Å². The minimum Gasteiger partial charge on any atom is -0.326 e. The van der Waals surface area contributed by atoms with E-state index in [0.717, 1.165) is 0 Å². The van der Waals surface area contributed by atoms with E-state index in [1.165, 1.54) is 0 Å². The minimum atomic E-state index is -3.13. The van der Waals surface area contributed by atoms with E-state index in [2.05, 4.69) is 37.5 Å². The van der Waals surface area contributed by atoms with Crippen LogP contribution in [0.15, 0.2) is 0 Å². The second-order valence-corrected chi connectivity index (χ2v) is 3.39. The summed E-state index contributed by atoms with van der Waals surface area (Å²) in [6.45, 7) is 0. The van der Waals surface area contributed by atoms with E-state index < -0.39 is 8.25 Å². The van der Waals surface area contributed by atoms with Crippen molar-refractivity contribution in [2.75, 3.05) is 0 Å². The third-order valence-electron chi connectivity index (χ3n) is 0. The molecule has 0 rings (SSSR count). The molecule has 0 unspecified atom stereocenters. The van der Waals surface area contributed by atoms with Gasteiger partial charge in [0.25, 0.3) is 0 Å². The first-order chi connectivity index (χ1) is 3.46. The van der Waals surface area contributed by atoms with Crippen molar-refractivity contribution in [1.82, 2.24) is 0 Å². The molecule has 0 aromatic rings. The van der Waals surface area contributed by atoms with Crippen molar-refractivity contribution in [3.8, 4) is 0 Å². The van der Waals surface area contributed by atoms with Gasteiger partial charge in [-0.2, -0.15) is 0 Å². The van der Waals surface area contributed by atoms with Crippen LogP contribution in [0.5, 0.6) is 0 Å². The lowest BCUT2D eigenvalue weighted by Gasteiger charge is -1.61. The second-order valence-electron chi connectivity index (χ2n) is 0.565. The molecule has 0 spiro atoms. The molecule has 0 saturated heterocycles. The van der Waals surface area contributed by atoms with Crippen LogP contribution in [0.3, 0.4) is 0 Å². The number of hydrogen-bond acceptors (Lipinski definition) is 2. The highest BCUT2D eigenvalue weighted by atomic mass is 32.2. The number of thiocarbonyl (C=S) groups is 1. The highest BCUT2D eigenvalue weighted by molar-refractivity contribution is 8.34. The number of thiol groups is 2. The summed E-state index contributed by atoms with van der Waals surface area (Å²) < 4.78 is 9.13. The second kappa shape index (κ2) is 7.94. The topological polar surface area (TPSA) is 57.5 Å². The Labute approximate surface area is 63.9 Å². The zero-order valence-corrected chi connectivity index (χ0v) is 7.21. The molecule has 2 N–H and O–H groups in total. The number of rotatable bonds is 0. The Morgan fingerprint density at radius 3 is 1.50 bits per heavy atom. The van der Waals surface area contributed by atoms with E-state index in [1.54, 1.807) is 0 Å². The molecule has 0 aliphatic heterocycles. The zero-order valence-electron chi connectivity index (χ0n) is 3.61. The van der Waals surface area contributed by atoms with Crippen LogP contribution in [-0.4, -0.2) is 13.3 Å². The molecular weight excluding hydrogens is 187 g/mol. The summed E-state index contributed by atoms with van der Waals surface area (Å²) in [6.07, 6.45) is 0. The van der Waals surface area contributed by atoms with Gasteiger partial charge in [0.1, 0.15) is 0 Å². The molecule has 0 aromatic carbocycles. The minimum absolute atomic E-state index is 0.389. The first kappa shape index (κ1) is 11.7. The molecule has 0 fully saturated rings. The largest absolute Gasteiger partial charge is 0.326 e. The van der Waals surface area contributed by atoms with Gasteiger partial charge >= 0.3 is 8.25 Å². The fraction of sp³-hybridized carbons (Fsp3) is 0. The molecule has 0 radical (unpaired) electrons. The molecule has 50 valence electrons. The molecule has 0 aliphatic carbocycles. The van der Waals surface area contributed by atoms with Crippen molar-refractivity contribution in [3.63, 3.8) is 0 Å². The van der Waals surface area contributed by atoms with Crippen molar-refractivity contribution in [2.45, 2.75) is 0 Å². The first-order valence-electron chi connectivity index (χ1n) is 1.30. The van der Waals surface area contributed by atoms with Gasteiger partial charge in [-0.3, -0.25) is 4.57 Å². The summed E-state index contributed by atoms with van der Waals surface area (Å²) in [5.41, 5.74) is 0. The van der Waals surface area contributed by atoms with Gasteiger partial charge in [0.05, 0.1) is 3.53 Å². The van der Waals surface area contributed by atoms with E-state index in [9.17, 15) is 0 Å². The van der Waals surface area contributed by atoms with E-state index in [4.69, 9.17) is 14.4 Å². The molecule has 0 amide bonds. The SMILES string of the molecule is O=[PH](O)O.S=C(S)S. The highest BCUT2D eigenvalue weighted by Gasteiger charge is 1.61. The van der Waals surface area contributed by atoms with Gasteiger partial charge in [-0.05, 0) is 0 Å². The van der Waals surface area contributed by atoms with E-state index >= 15 is 0 Å². The third kappa shape index (κ3) is 277. The van der Waals surface area contributed by atoms with Crippen molar-refractivity contribution in [2.24, 2.45) is 0 Å². The summed E-state index contributed by atoms with van der Waals surface area (Å²) >= 11 is 11.4. The standard InChI is InChI=1S/CH2S3.H3O3P/c2-1(3)4;1-4(2)3/h(H2,2,3,4);4H,(H2,1,2,3). The predicted molar refractivity (Wildman–Crippen MR) is 44.0 cm³/mol. The molecule has 0 bridgehead atoms. The molecule has 3 nitrogen and oxygen atoms in total. The zero-order chi connectivity index (χ0) is 7.15. The summed E-state index contributed by atoms with van der Waals surface area (Å²) in [7, 11) is -3.13. The monoisotopic (exact) mass is 192 g/mol. The molecule has 0 atom stereocenters. The quantitative estimate of drug-likeness (QED) is 0.256. The van der Waals surface area contributed by atoms with Gasteiger partial charge in [-0.25, -0.2) is 0 Å². The Morgan fingerprint density at radius 2 is 1.50 bits per heavy atom. The van der Waals surface area contributed by atoms with Crippen LogP contribution in [0.4, 0.5) is 0 Å². The summed E-state index contributed by atoms with van der Waals surface area (Å²) in [5.74, 6) is 0. The Balaban J connectivity index is 0. The van der Waals surface area contributed by atoms with Crippen LogP contribution in [0.2, 0.25) is 0 Å². The third-order valence-corrected chi connectivity index (χ3v) is 0. The fourth-order valence-corrected chi connectivity index (χ4v) is 0. The van der Waals surface area contributed by atoms with Crippen molar-refractivity contribution < 1.29 is 14.4 Å². The maximum atomic E-state index is 8.74. The Bertz CT molecular complexity index is 72.5. The van der Waals surface area contributed by atoms with Crippen molar-refractivity contribution in [3.05, 3.63) is 0 Å². The lowest BCUT2D eigenvalue weighted by molar-refractivity contribution is 0.405.